The fourth-order valence-corrected chi connectivity index (χ4v) is 1.75. The third-order valence-corrected chi connectivity index (χ3v) is 5.00. The molecular weight excluding hydrogens is 175 g/mol. The minimum Gasteiger partial charge on any atom is -0.300 e. The van der Waals surface area contributed by atoms with Crippen LogP contribution in [0.1, 0.15) is 6.92 Å². The van der Waals surface area contributed by atoms with Gasteiger partial charge in [0.25, 0.3) is 0 Å². The van der Waals surface area contributed by atoms with Crippen LogP contribution < -0.4 is 0 Å². The SMILES string of the molecule is CC(C(=O)C(F)C=O)[Si](C)(C)C. The van der Waals surface area contributed by atoms with Crippen molar-refractivity contribution >= 4 is 20.1 Å². The second-order valence-electron chi connectivity index (χ2n) is 4.03. The number of hydrogen-bond donors (Lipinski definition) is 0. The largest absolute Gasteiger partial charge is 0.300 e. The van der Waals surface area contributed by atoms with E-state index in [1.54, 1.807) is 6.92 Å². The van der Waals surface area contributed by atoms with Crippen LogP contribution in [0.5, 0.6) is 0 Å². The molecule has 0 radical (unpaired) electrons. The van der Waals surface area contributed by atoms with Crippen molar-refractivity contribution in [2.75, 3.05) is 0 Å². The summed E-state index contributed by atoms with van der Waals surface area (Å²) in [6.45, 7) is 7.64. The first kappa shape index (κ1) is 11.5. The summed E-state index contributed by atoms with van der Waals surface area (Å²) in [7, 11) is -1.65. The average molecular weight is 190 g/mol. The number of ketones is 1. The van der Waals surface area contributed by atoms with Crippen molar-refractivity contribution < 1.29 is 14.0 Å². The van der Waals surface area contributed by atoms with Crippen LogP contribution in [0.3, 0.4) is 0 Å². The predicted molar refractivity (Wildman–Crippen MR) is 48.7 cm³/mol. The van der Waals surface area contributed by atoms with Gasteiger partial charge >= 0.3 is 0 Å². The Morgan fingerprint density at radius 3 is 2.08 bits per heavy atom. The van der Waals surface area contributed by atoms with E-state index >= 15 is 0 Å². The van der Waals surface area contributed by atoms with E-state index in [9.17, 15) is 14.0 Å². The molecule has 12 heavy (non-hydrogen) atoms. The highest BCUT2D eigenvalue weighted by molar-refractivity contribution is 6.80. The summed E-state index contributed by atoms with van der Waals surface area (Å²) in [6.07, 6.45) is -1.86. The molecule has 0 saturated carbocycles. The fraction of sp³-hybridized carbons (Fsp3) is 0.750. The molecule has 0 aromatic heterocycles. The summed E-state index contributed by atoms with van der Waals surface area (Å²) in [4.78, 5) is 21.1. The van der Waals surface area contributed by atoms with Crippen molar-refractivity contribution in [1.29, 1.82) is 0 Å². The van der Waals surface area contributed by atoms with Crippen LogP contribution in [-0.2, 0) is 9.59 Å². The van der Waals surface area contributed by atoms with E-state index in [1.165, 1.54) is 0 Å². The number of aldehydes is 1. The Hall–Kier alpha value is -0.513. The summed E-state index contributed by atoms with van der Waals surface area (Å²) in [6, 6.07) is 0. The van der Waals surface area contributed by atoms with Crippen molar-refractivity contribution in [2.24, 2.45) is 0 Å². The van der Waals surface area contributed by atoms with E-state index < -0.39 is 20.0 Å². The van der Waals surface area contributed by atoms with Crippen molar-refractivity contribution in [2.45, 2.75) is 38.3 Å². The van der Waals surface area contributed by atoms with E-state index in [4.69, 9.17) is 0 Å². The Labute approximate surface area is 73.2 Å². The predicted octanol–water partition coefficient (Wildman–Crippen LogP) is 1.82. The molecule has 2 unspecified atom stereocenters. The minimum atomic E-state index is -1.92. The molecule has 0 aromatic rings. The van der Waals surface area contributed by atoms with Gasteiger partial charge in [-0.1, -0.05) is 26.6 Å². The summed E-state index contributed by atoms with van der Waals surface area (Å²) in [5.74, 6) is -0.566. The van der Waals surface area contributed by atoms with E-state index in [0.717, 1.165) is 0 Å². The molecule has 0 aromatic carbocycles. The molecule has 0 amide bonds. The van der Waals surface area contributed by atoms with E-state index in [-0.39, 0.29) is 11.8 Å². The highest BCUT2D eigenvalue weighted by atomic mass is 28.3. The molecule has 0 heterocycles. The number of carbonyl (C=O) groups is 2. The van der Waals surface area contributed by atoms with Gasteiger partial charge in [0.1, 0.15) is 0 Å². The van der Waals surface area contributed by atoms with Gasteiger partial charge in [-0.25, -0.2) is 4.39 Å². The molecule has 0 aliphatic rings. The highest BCUT2D eigenvalue weighted by Gasteiger charge is 2.32. The molecule has 0 saturated heterocycles. The van der Waals surface area contributed by atoms with Gasteiger partial charge < -0.3 is 0 Å². The number of Topliss-reactive ketones (excluding diaryl/α,β-unsaturated/α-hetero) is 1. The maximum atomic E-state index is 12.6. The zero-order valence-corrected chi connectivity index (χ0v) is 8.93. The number of halogens is 1. The van der Waals surface area contributed by atoms with Gasteiger partial charge in [0.2, 0.25) is 6.17 Å². The molecule has 70 valence electrons. The second-order valence-corrected chi connectivity index (χ2v) is 9.63. The van der Waals surface area contributed by atoms with Crippen LogP contribution in [0.4, 0.5) is 4.39 Å². The van der Waals surface area contributed by atoms with E-state index in [0.29, 0.717) is 0 Å². The van der Waals surface area contributed by atoms with Gasteiger partial charge in [0.15, 0.2) is 12.1 Å². The average Bonchev–Trinajstić information content (AvgIpc) is 1.98. The second kappa shape index (κ2) is 3.94. The van der Waals surface area contributed by atoms with Crippen molar-refractivity contribution in [3.05, 3.63) is 0 Å². The summed E-state index contributed by atoms with van der Waals surface area (Å²) in [5.41, 5.74) is -0.294. The fourth-order valence-electron chi connectivity index (χ4n) is 0.733. The monoisotopic (exact) mass is 190 g/mol. The lowest BCUT2D eigenvalue weighted by atomic mass is 10.2. The van der Waals surface area contributed by atoms with Gasteiger partial charge in [-0.05, 0) is 0 Å². The van der Waals surface area contributed by atoms with Crippen LogP contribution in [0.15, 0.2) is 0 Å². The first-order valence-electron chi connectivity index (χ1n) is 3.93. The van der Waals surface area contributed by atoms with Crippen LogP contribution >= 0.6 is 0 Å². The summed E-state index contributed by atoms with van der Waals surface area (Å²) < 4.78 is 12.6. The van der Waals surface area contributed by atoms with E-state index in [1.807, 2.05) is 19.6 Å². The third kappa shape index (κ3) is 2.85. The van der Waals surface area contributed by atoms with Crippen molar-refractivity contribution in [1.82, 2.24) is 0 Å². The molecule has 4 heteroatoms. The normalized spacial score (nSPS) is 16.8. The number of hydrogen-bond acceptors (Lipinski definition) is 2. The molecule has 0 aliphatic heterocycles. The smallest absolute Gasteiger partial charge is 0.213 e. The van der Waals surface area contributed by atoms with Gasteiger partial charge in [0, 0.05) is 5.54 Å². The van der Waals surface area contributed by atoms with Crippen molar-refractivity contribution in [3.63, 3.8) is 0 Å². The zero-order chi connectivity index (χ0) is 9.94. The first-order chi connectivity index (χ1) is 5.30. The molecule has 2 atom stereocenters. The topological polar surface area (TPSA) is 34.1 Å². The Morgan fingerprint density at radius 1 is 1.42 bits per heavy atom. The van der Waals surface area contributed by atoms with Crippen LogP contribution in [-0.4, -0.2) is 26.3 Å². The molecule has 0 bridgehead atoms. The van der Waals surface area contributed by atoms with Gasteiger partial charge in [-0.15, -0.1) is 0 Å². The van der Waals surface area contributed by atoms with Crippen LogP contribution in [0.25, 0.3) is 0 Å². The first-order valence-corrected chi connectivity index (χ1v) is 7.51. The minimum absolute atomic E-state index is 0.0684. The lowest BCUT2D eigenvalue weighted by molar-refractivity contribution is -0.128. The van der Waals surface area contributed by atoms with Gasteiger partial charge in [-0.3, -0.25) is 9.59 Å². The summed E-state index contributed by atoms with van der Waals surface area (Å²) in [5, 5.41) is 0. The molecule has 0 fully saturated rings. The maximum Gasteiger partial charge on any atom is 0.213 e. The van der Waals surface area contributed by atoms with Gasteiger partial charge in [0.05, 0.1) is 8.07 Å². The lowest BCUT2D eigenvalue weighted by Gasteiger charge is -2.23. The maximum absolute atomic E-state index is 12.6. The quantitative estimate of drug-likeness (QED) is 0.385. The Kier molecular flexibility index (Phi) is 3.77. The number of rotatable bonds is 4. The standard InChI is InChI=1S/C8H15FO2Si/c1-6(12(2,3)4)8(11)7(9)5-10/h5-7H,1-4H3. The zero-order valence-electron chi connectivity index (χ0n) is 7.93. The Balaban J connectivity index is 4.40. The highest BCUT2D eigenvalue weighted by Crippen LogP contribution is 2.23. The number of carbonyl (C=O) groups excluding carboxylic acids is 2. The molecule has 0 rings (SSSR count). The van der Waals surface area contributed by atoms with Crippen molar-refractivity contribution in [3.8, 4) is 0 Å². The van der Waals surface area contributed by atoms with E-state index in [2.05, 4.69) is 0 Å². The Bertz CT molecular complexity index is 186. The molecule has 0 aliphatic carbocycles. The number of alkyl halides is 1. The van der Waals surface area contributed by atoms with Gasteiger partial charge in [-0.2, -0.15) is 0 Å². The third-order valence-electron chi connectivity index (χ3n) is 2.12. The van der Waals surface area contributed by atoms with Crippen LogP contribution in [0.2, 0.25) is 25.2 Å². The summed E-state index contributed by atoms with van der Waals surface area (Å²) >= 11 is 0. The molecule has 2 nitrogen and oxygen atoms in total. The Morgan fingerprint density at radius 2 is 1.83 bits per heavy atom. The molecule has 0 N–H and O–H groups in total. The molecule has 0 spiro atoms. The molecular formula is C8H15FO2Si. The lowest BCUT2D eigenvalue weighted by Crippen LogP contribution is -2.36. The van der Waals surface area contributed by atoms with Crippen LogP contribution in [0, 0.1) is 0 Å².